The molecule has 1 aliphatic carbocycles. The lowest BCUT2D eigenvalue weighted by atomic mass is 9.69. The summed E-state index contributed by atoms with van der Waals surface area (Å²) >= 11 is 0. The standard InChI is InChI=1S/C14H21F6N/c1-9(2)12(14(18,19)20)5-7-21(8-6-12)11(10-3-4-10)13(15,16)17/h9-11H,3-8H2,1-2H3. The van der Waals surface area contributed by atoms with Gasteiger partial charge in [-0.15, -0.1) is 0 Å². The van der Waals surface area contributed by atoms with Crippen molar-refractivity contribution in [3.05, 3.63) is 0 Å². The molecule has 2 rings (SSSR count). The molecule has 1 heterocycles. The van der Waals surface area contributed by atoms with Gasteiger partial charge < -0.3 is 0 Å². The fraction of sp³-hybridized carbons (Fsp3) is 1.00. The largest absolute Gasteiger partial charge is 0.404 e. The van der Waals surface area contributed by atoms with Gasteiger partial charge in [0.2, 0.25) is 0 Å². The SMILES string of the molecule is CC(C)C1(C(F)(F)F)CCN(C(C2CC2)C(F)(F)F)CC1. The molecule has 1 nitrogen and oxygen atoms in total. The van der Waals surface area contributed by atoms with Crippen LogP contribution in [0.4, 0.5) is 26.3 Å². The molecule has 7 heteroatoms. The molecule has 0 bridgehead atoms. The molecule has 1 unspecified atom stereocenters. The predicted molar refractivity (Wildman–Crippen MR) is 66.7 cm³/mol. The maximum absolute atomic E-state index is 13.3. The first kappa shape index (κ1) is 16.9. The second kappa shape index (κ2) is 5.32. The summed E-state index contributed by atoms with van der Waals surface area (Å²) in [4.78, 5) is 1.23. The second-order valence-electron chi connectivity index (χ2n) is 6.67. The minimum atomic E-state index is -4.36. The summed E-state index contributed by atoms with van der Waals surface area (Å²) in [5, 5.41) is 0. The van der Waals surface area contributed by atoms with E-state index in [2.05, 4.69) is 0 Å². The summed E-state index contributed by atoms with van der Waals surface area (Å²) in [6, 6.07) is -1.56. The van der Waals surface area contributed by atoms with E-state index in [1.54, 1.807) is 0 Å². The van der Waals surface area contributed by atoms with Crippen LogP contribution in [0.25, 0.3) is 0 Å². The summed E-state index contributed by atoms with van der Waals surface area (Å²) in [5.41, 5.74) is -1.84. The molecule has 0 aromatic rings. The van der Waals surface area contributed by atoms with Crippen molar-refractivity contribution in [2.24, 2.45) is 17.3 Å². The monoisotopic (exact) mass is 317 g/mol. The summed E-state index contributed by atoms with van der Waals surface area (Å²) in [6.07, 6.45) is -8.15. The first-order valence-corrected chi connectivity index (χ1v) is 7.36. The zero-order valence-corrected chi connectivity index (χ0v) is 12.2. The van der Waals surface area contributed by atoms with Gasteiger partial charge in [0.25, 0.3) is 0 Å². The number of rotatable bonds is 3. The van der Waals surface area contributed by atoms with Gasteiger partial charge >= 0.3 is 12.4 Å². The van der Waals surface area contributed by atoms with Gasteiger partial charge in [-0.3, -0.25) is 4.90 Å². The van der Waals surface area contributed by atoms with Crippen LogP contribution in [0.1, 0.15) is 39.5 Å². The van der Waals surface area contributed by atoms with E-state index in [0.29, 0.717) is 12.8 Å². The Labute approximate surface area is 120 Å². The van der Waals surface area contributed by atoms with E-state index in [0.717, 1.165) is 0 Å². The zero-order valence-electron chi connectivity index (χ0n) is 12.2. The number of hydrogen-bond acceptors (Lipinski definition) is 1. The number of piperidine rings is 1. The van der Waals surface area contributed by atoms with Crippen LogP contribution in [-0.4, -0.2) is 36.4 Å². The fourth-order valence-corrected chi connectivity index (χ4v) is 3.57. The normalized spacial score (nSPS) is 26.1. The summed E-state index contributed by atoms with van der Waals surface area (Å²) in [7, 11) is 0. The Kier molecular flexibility index (Phi) is 4.28. The number of hydrogen-bond donors (Lipinski definition) is 0. The van der Waals surface area contributed by atoms with Gasteiger partial charge in [-0.25, -0.2) is 0 Å². The van der Waals surface area contributed by atoms with Gasteiger partial charge in [0.1, 0.15) is 6.04 Å². The van der Waals surface area contributed by atoms with Gasteiger partial charge in [0.15, 0.2) is 0 Å². The van der Waals surface area contributed by atoms with E-state index >= 15 is 0 Å². The first-order chi connectivity index (χ1) is 9.49. The third-order valence-electron chi connectivity index (χ3n) is 5.16. The Morgan fingerprint density at radius 2 is 1.43 bits per heavy atom. The molecule has 21 heavy (non-hydrogen) atoms. The van der Waals surface area contributed by atoms with Gasteiger partial charge in [-0.2, -0.15) is 26.3 Å². The molecule has 0 spiro atoms. The number of halogens is 6. The van der Waals surface area contributed by atoms with Crippen molar-refractivity contribution >= 4 is 0 Å². The van der Waals surface area contributed by atoms with Gasteiger partial charge in [-0.1, -0.05) is 13.8 Å². The van der Waals surface area contributed by atoms with E-state index in [9.17, 15) is 26.3 Å². The average molecular weight is 317 g/mol. The average Bonchev–Trinajstić information content (AvgIpc) is 3.10. The smallest absolute Gasteiger partial charge is 0.292 e. The van der Waals surface area contributed by atoms with E-state index < -0.39 is 35.6 Å². The van der Waals surface area contributed by atoms with E-state index in [4.69, 9.17) is 0 Å². The van der Waals surface area contributed by atoms with Crippen LogP contribution < -0.4 is 0 Å². The van der Waals surface area contributed by atoms with Crippen molar-refractivity contribution in [3.8, 4) is 0 Å². The quantitative estimate of drug-likeness (QED) is 0.686. The lowest BCUT2D eigenvalue weighted by Crippen LogP contribution is -2.56. The van der Waals surface area contributed by atoms with Crippen LogP contribution in [-0.2, 0) is 0 Å². The lowest BCUT2D eigenvalue weighted by Gasteiger charge is -2.47. The van der Waals surface area contributed by atoms with Crippen molar-refractivity contribution in [1.29, 1.82) is 0 Å². The van der Waals surface area contributed by atoms with Gasteiger partial charge in [0, 0.05) is 0 Å². The molecule has 0 aromatic carbocycles. The summed E-state index contributed by atoms with van der Waals surface area (Å²) in [6.45, 7) is 2.76. The van der Waals surface area contributed by atoms with Crippen LogP contribution in [0.5, 0.6) is 0 Å². The van der Waals surface area contributed by atoms with Crippen molar-refractivity contribution in [2.75, 3.05) is 13.1 Å². The Morgan fingerprint density at radius 1 is 0.952 bits per heavy atom. The number of nitrogens with zero attached hydrogens (tertiary/aromatic N) is 1. The highest BCUT2D eigenvalue weighted by Crippen LogP contribution is 2.53. The topological polar surface area (TPSA) is 3.24 Å². The minimum absolute atomic E-state index is 0.127. The maximum atomic E-state index is 13.3. The zero-order chi connectivity index (χ0) is 16.1. The Bertz CT molecular complexity index is 361. The molecular formula is C14H21F6N. The molecule has 2 fully saturated rings. The Balaban J connectivity index is 2.11. The molecule has 0 aromatic heterocycles. The first-order valence-electron chi connectivity index (χ1n) is 7.36. The molecule has 0 radical (unpaired) electrons. The highest BCUT2D eigenvalue weighted by molar-refractivity contribution is 4.99. The van der Waals surface area contributed by atoms with Crippen LogP contribution in [0.15, 0.2) is 0 Å². The Morgan fingerprint density at radius 3 is 1.71 bits per heavy atom. The van der Waals surface area contributed by atoms with Crippen molar-refractivity contribution in [1.82, 2.24) is 4.90 Å². The molecule has 0 N–H and O–H groups in total. The Hall–Kier alpha value is -0.460. The van der Waals surface area contributed by atoms with Gasteiger partial charge in [0.05, 0.1) is 5.41 Å². The molecule has 1 saturated heterocycles. The molecule has 1 aliphatic heterocycles. The number of alkyl halides is 6. The van der Waals surface area contributed by atoms with E-state index in [-0.39, 0.29) is 25.9 Å². The third-order valence-corrected chi connectivity index (χ3v) is 5.16. The van der Waals surface area contributed by atoms with E-state index in [1.165, 1.54) is 18.7 Å². The lowest BCUT2D eigenvalue weighted by molar-refractivity contribution is -0.261. The van der Waals surface area contributed by atoms with Crippen molar-refractivity contribution in [2.45, 2.75) is 57.9 Å². The minimum Gasteiger partial charge on any atom is -0.292 e. The molecule has 1 saturated carbocycles. The maximum Gasteiger partial charge on any atom is 0.404 e. The summed E-state index contributed by atoms with van der Waals surface area (Å²) in [5.74, 6) is -1.05. The van der Waals surface area contributed by atoms with Gasteiger partial charge in [-0.05, 0) is 50.6 Å². The highest BCUT2D eigenvalue weighted by Gasteiger charge is 2.60. The molecule has 2 aliphatic rings. The molecule has 1 atom stereocenters. The van der Waals surface area contributed by atoms with Crippen LogP contribution in [0.2, 0.25) is 0 Å². The molecular weight excluding hydrogens is 296 g/mol. The van der Waals surface area contributed by atoms with Crippen LogP contribution >= 0.6 is 0 Å². The highest BCUT2D eigenvalue weighted by atomic mass is 19.4. The van der Waals surface area contributed by atoms with E-state index in [1.807, 2.05) is 0 Å². The van der Waals surface area contributed by atoms with Crippen LogP contribution in [0.3, 0.4) is 0 Å². The van der Waals surface area contributed by atoms with Crippen molar-refractivity contribution < 1.29 is 26.3 Å². The molecule has 124 valence electrons. The van der Waals surface area contributed by atoms with Crippen LogP contribution in [0, 0.1) is 17.3 Å². The number of likely N-dealkylation sites (tertiary alicyclic amines) is 1. The molecule has 0 amide bonds. The fourth-order valence-electron chi connectivity index (χ4n) is 3.57. The third kappa shape index (κ3) is 3.17. The second-order valence-corrected chi connectivity index (χ2v) is 6.67. The van der Waals surface area contributed by atoms with Crippen molar-refractivity contribution in [3.63, 3.8) is 0 Å². The predicted octanol–water partition coefficient (Wildman–Crippen LogP) is 4.63. The summed E-state index contributed by atoms with van der Waals surface area (Å²) < 4.78 is 79.4.